The zero-order chi connectivity index (χ0) is 7.84. The van der Waals surface area contributed by atoms with Gasteiger partial charge in [0.25, 0.3) is 0 Å². The van der Waals surface area contributed by atoms with E-state index in [4.69, 9.17) is 4.74 Å². The number of ether oxygens (including phenoxy) is 1. The summed E-state index contributed by atoms with van der Waals surface area (Å²) in [5, 5.41) is 9.67. The molecule has 1 fully saturated rings. The molecular weight excluding hydrogens is 140 g/mol. The number of rotatable bonds is 2. The van der Waals surface area contributed by atoms with Crippen molar-refractivity contribution >= 4 is 0 Å². The van der Waals surface area contributed by atoms with E-state index in [9.17, 15) is 5.11 Å². The second-order valence-electron chi connectivity index (χ2n) is 3.57. The van der Waals surface area contributed by atoms with Crippen LogP contribution in [0, 0.1) is 11.8 Å². The predicted octanol–water partition coefficient (Wildman–Crippen LogP) is 1.31. The molecule has 0 aromatic heterocycles. The molecule has 62 valence electrons. The first-order valence-electron chi connectivity index (χ1n) is 4.30. The molecule has 2 heteroatoms. The van der Waals surface area contributed by atoms with Crippen LogP contribution in [0.5, 0.6) is 0 Å². The van der Waals surface area contributed by atoms with Crippen LogP contribution in [0.15, 0.2) is 11.8 Å². The molecule has 2 nitrogen and oxygen atoms in total. The minimum absolute atomic E-state index is 0.313. The largest absolute Gasteiger partial charge is 0.495 e. The molecule has 1 N–H and O–H groups in total. The van der Waals surface area contributed by atoms with E-state index in [1.165, 1.54) is 0 Å². The van der Waals surface area contributed by atoms with Crippen LogP contribution in [0.2, 0.25) is 0 Å². The Morgan fingerprint density at radius 3 is 2.91 bits per heavy atom. The molecule has 0 amide bonds. The average molecular weight is 154 g/mol. The van der Waals surface area contributed by atoms with Gasteiger partial charge in [-0.1, -0.05) is 6.92 Å². The van der Waals surface area contributed by atoms with Gasteiger partial charge in [-0.3, -0.25) is 0 Å². The van der Waals surface area contributed by atoms with Gasteiger partial charge in [-0.25, -0.2) is 0 Å². The van der Waals surface area contributed by atoms with E-state index in [0.717, 1.165) is 25.2 Å². The normalized spacial score (nSPS) is 37.8. The smallest absolute Gasteiger partial charge is 0.121 e. The SMILES string of the molecule is CC1CC1C(O)C1=CCCO1. The van der Waals surface area contributed by atoms with Crippen molar-refractivity contribution in [1.82, 2.24) is 0 Å². The lowest BCUT2D eigenvalue weighted by molar-refractivity contribution is 0.0996. The van der Waals surface area contributed by atoms with Gasteiger partial charge >= 0.3 is 0 Å². The molecule has 0 spiro atoms. The molecule has 0 bridgehead atoms. The highest BCUT2D eigenvalue weighted by molar-refractivity contribution is 5.09. The van der Waals surface area contributed by atoms with E-state index in [2.05, 4.69) is 6.92 Å². The summed E-state index contributed by atoms with van der Waals surface area (Å²) in [6, 6.07) is 0. The average Bonchev–Trinajstić information content (AvgIpc) is 2.56. The maximum absolute atomic E-state index is 9.67. The topological polar surface area (TPSA) is 29.5 Å². The minimum Gasteiger partial charge on any atom is -0.495 e. The summed E-state index contributed by atoms with van der Waals surface area (Å²) < 4.78 is 5.28. The Bertz CT molecular complexity index is 186. The van der Waals surface area contributed by atoms with E-state index in [1.54, 1.807) is 0 Å². The first-order chi connectivity index (χ1) is 5.29. The quantitative estimate of drug-likeness (QED) is 0.649. The van der Waals surface area contributed by atoms with Gasteiger partial charge in [0.05, 0.1) is 6.61 Å². The Hall–Kier alpha value is -0.500. The zero-order valence-electron chi connectivity index (χ0n) is 6.79. The maximum atomic E-state index is 9.67. The van der Waals surface area contributed by atoms with Crippen molar-refractivity contribution in [3.05, 3.63) is 11.8 Å². The molecule has 3 unspecified atom stereocenters. The van der Waals surface area contributed by atoms with Crippen molar-refractivity contribution in [2.24, 2.45) is 11.8 Å². The maximum Gasteiger partial charge on any atom is 0.121 e. The van der Waals surface area contributed by atoms with Gasteiger partial charge < -0.3 is 9.84 Å². The van der Waals surface area contributed by atoms with Crippen LogP contribution in [0.25, 0.3) is 0 Å². The summed E-state index contributed by atoms with van der Waals surface area (Å²) in [5.74, 6) is 1.98. The van der Waals surface area contributed by atoms with Crippen molar-refractivity contribution in [2.45, 2.75) is 25.9 Å². The highest BCUT2D eigenvalue weighted by Crippen LogP contribution is 2.43. The highest BCUT2D eigenvalue weighted by Gasteiger charge is 2.41. The summed E-state index contributed by atoms with van der Waals surface area (Å²) in [7, 11) is 0. The molecule has 2 rings (SSSR count). The fourth-order valence-electron chi connectivity index (χ4n) is 1.64. The van der Waals surface area contributed by atoms with Crippen molar-refractivity contribution in [1.29, 1.82) is 0 Å². The van der Waals surface area contributed by atoms with Gasteiger partial charge in [0, 0.05) is 6.42 Å². The van der Waals surface area contributed by atoms with Crippen molar-refractivity contribution in [3.8, 4) is 0 Å². The summed E-state index contributed by atoms with van der Waals surface area (Å²) in [6.07, 6.45) is 3.82. The standard InChI is InChI=1S/C9H14O2/c1-6-5-7(6)9(10)8-3-2-4-11-8/h3,6-7,9-10H,2,4-5H2,1H3. The van der Waals surface area contributed by atoms with E-state index in [1.807, 2.05) is 6.08 Å². The monoisotopic (exact) mass is 154 g/mol. The van der Waals surface area contributed by atoms with Crippen molar-refractivity contribution in [2.75, 3.05) is 6.61 Å². The first kappa shape index (κ1) is 7.17. The molecule has 0 aromatic rings. The van der Waals surface area contributed by atoms with Gasteiger partial charge in [0.2, 0.25) is 0 Å². The Balaban J connectivity index is 1.94. The van der Waals surface area contributed by atoms with Crippen LogP contribution >= 0.6 is 0 Å². The van der Waals surface area contributed by atoms with Gasteiger partial charge in [-0.15, -0.1) is 0 Å². The third-order valence-corrected chi connectivity index (χ3v) is 2.60. The fraction of sp³-hybridized carbons (Fsp3) is 0.778. The summed E-state index contributed by atoms with van der Waals surface area (Å²) >= 11 is 0. The van der Waals surface area contributed by atoms with Gasteiger partial charge in [0.15, 0.2) is 0 Å². The number of hydrogen-bond donors (Lipinski definition) is 1. The van der Waals surface area contributed by atoms with E-state index < -0.39 is 0 Å². The lowest BCUT2D eigenvalue weighted by Gasteiger charge is -2.10. The lowest BCUT2D eigenvalue weighted by atomic mass is 10.1. The Morgan fingerprint density at radius 1 is 1.73 bits per heavy atom. The molecule has 3 atom stereocenters. The second kappa shape index (κ2) is 2.52. The molecule has 0 radical (unpaired) electrons. The van der Waals surface area contributed by atoms with Crippen LogP contribution in [-0.4, -0.2) is 17.8 Å². The van der Waals surface area contributed by atoms with Crippen molar-refractivity contribution in [3.63, 3.8) is 0 Å². The van der Waals surface area contributed by atoms with E-state index >= 15 is 0 Å². The van der Waals surface area contributed by atoms with Gasteiger partial charge in [0.1, 0.15) is 11.9 Å². The van der Waals surface area contributed by atoms with Gasteiger partial charge in [-0.2, -0.15) is 0 Å². The van der Waals surface area contributed by atoms with Crippen molar-refractivity contribution < 1.29 is 9.84 Å². The summed E-state index contributed by atoms with van der Waals surface area (Å²) in [6.45, 7) is 2.93. The molecule has 0 saturated heterocycles. The molecule has 1 heterocycles. The fourth-order valence-corrected chi connectivity index (χ4v) is 1.64. The molecule has 2 aliphatic rings. The summed E-state index contributed by atoms with van der Waals surface area (Å²) in [4.78, 5) is 0. The third kappa shape index (κ3) is 1.27. The Kier molecular flexibility index (Phi) is 1.64. The van der Waals surface area contributed by atoms with Crippen LogP contribution in [0.4, 0.5) is 0 Å². The second-order valence-corrected chi connectivity index (χ2v) is 3.57. The van der Waals surface area contributed by atoms with E-state index in [-0.39, 0.29) is 6.10 Å². The summed E-state index contributed by atoms with van der Waals surface area (Å²) in [5.41, 5.74) is 0. The van der Waals surface area contributed by atoms with Gasteiger partial charge in [-0.05, 0) is 24.3 Å². The predicted molar refractivity (Wildman–Crippen MR) is 41.9 cm³/mol. The molecule has 0 aromatic carbocycles. The van der Waals surface area contributed by atoms with E-state index in [0.29, 0.717) is 11.8 Å². The highest BCUT2D eigenvalue weighted by atomic mass is 16.5. The Morgan fingerprint density at radius 2 is 2.45 bits per heavy atom. The number of hydrogen-bond acceptors (Lipinski definition) is 2. The molecular formula is C9H14O2. The Labute approximate surface area is 66.9 Å². The number of aliphatic hydroxyl groups is 1. The van der Waals surface area contributed by atoms with Crippen LogP contribution in [0.3, 0.4) is 0 Å². The third-order valence-electron chi connectivity index (χ3n) is 2.60. The lowest BCUT2D eigenvalue weighted by Crippen LogP contribution is -2.14. The van der Waals surface area contributed by atoms with Crippen LogP contribution < -0.4 is 0 Å². The molecule has 1 aliphatic heterocycles. The molecule has 1 aliphatic carbocycles. The zero-order valence-corrected chi connectivity index (χ0v) is 6.79. The van der Waals surface area contributed by atoms with Crippen LogP contribution in [-0.2, 0) is 4.74 Å². The molecule has 1 saturated carbocycles. The number of aliphatic hydroxyl groups excluding tert-OH is 1. The first-order valence-corrected chi connectivity index (χ1v) is 4.30. The van der Waals surface area contributed by atoms with Crippen LogP contribution in [0.1, 0.15) is 19.8 Å². The minimum atomic E-state index is -0.313. The molecule has 11 heavy (non-hydrogen) atoms.